The molecule has 1 saturated heterocycles. The maximum atomic E-state index is 11.1. The molecule has 0 saturated carbocycles. The van der Waals surface area contributed by atoms with E-state index in [4.69, 9.17) is 5.11 Å². The number of aliphatic carboxylic acids is 1. The Bertz CT molecular complexity index is 241. The van der Waals surface area contributed by atoms with Crippen molar-refractivity contribution in [1.29, 1.82) is 0 Å². The molecule has 1 atom stereocenters. The molecule has 94 valence electrons. The summed E-state index contributed by atoms with van der Waals surface area (Å²) in [6.07, 6.45) is 0.778. The van der Waals surface area contributed by atoms with Crippen LogP contribution in [0.5, 0.6) is 0 Å². The second-order valence-electron chi connectivity index (χ2n) is 4.92. The van der Waals surface area contributed by atoms with Crippen LogP contribution in [0.25, 0.3) is 0 Å². The topological polar surface area (TPSA) is 43.8 Å². The van der Waals surface area contributed by atoms with Crippen LogP contribution in [0.1, 0.15) is 27.2 Å². The van der Waals surface area contributed by atoms with E-state index >= 15 is 0 Å². The largest absolute Gasteiger partial charge is 0.481 e. The maximum absolute atomic E-state index is 11.1. The van der Waals surface area contributed by atoms with Crippen molar-refractivity contribution in [2.75, 3.05) is 39.3 Å². The molecule has 0 aromatic rings. The van der Waals surface area contributed by atoms with Gasteiger partial charge in [-0.25, -0.2) is 0 Å². The highest BCUT2D eigenvalue weighted by Crippen LogP contribution is 2.29. The van der Waals surface area contributed by atoms with E-state index in [1.165, 1.54) is 0 Å². The first-order valence-electron chi connectivity index (χ1n) is 6.20. The predicted molar refractivity (Wildman–Crippen MR) is 64.6 cm³/mol. The number of carbonyl (C=O) groups is 1. The molecular formula is C12H24N2O2. The zero-order chi connectivity index (χ0) is 12.2. The third-order valence-corrected chi connectivity index (χ3v) is 3.70. The Labute approximate surface area is 98.2 Å². The van der Waals surface area contributed by atoms with Crippen molar-refractivity contribution < 1.29 is 9.90 Å². The first-order chi connectivity index (χ1) is 7.51. The molecule has 1 heterocycles. The van der Waals surface area contributed by atoms with E-state index in [2.05, 4.69) is 23.6 Å². The molecule has 16 heavy (non-hydrogen) atoms. The molecule has 0 amide bonds. The molecule has 1 rings (SSSR count). The molecule has 0 radical (unpaired) electrons. The normalized spacial score (nSPS) is 26.5. The van der Waals surface area contributed by atoms with E-state index < -0.39 is 11.4 Å². The third kappa shape index (κ3) is 3.19. The van der Waals surface area contributed by atoms with E-state index in [9.17, 15) is 4.79 Å². The number of carboxylic acids is 1. The number of likely N-dealkylation sites (N-methyl/N-ethyl adjacent to an activating group) is 1. The highest BCUT2D eigenvalue weighted by Gasteiger charge is 2.40. The summed E-state index contributed by atoms with van der Waals surface area (Å²) in [5.41, 5.74) is -0.525. The highest BCUT2D eigenvalue weighted by molar-refractivity contribution is 5.74. The van der Waals surface area contributed by atoms with Crippen LogP contribution in [0.2, 0.25) is 0 Å². The fraction of sp³-hybridized carbons (Fsp3) is 0.917. The summed E-state index contributed by atoms with van der Waals surface area (Å²) in [7, 11) is 0. The fourth-order valence-electron chi connectivity index (χ4n) is 2.24. The molecule has 1 aliphatic heterocycles. The van der Waals surface area contributed by atoms with Crippen molar-refractivity contribution in [2.24, 2.45) is 5.41 Å². The Morgan fingerprint density at radius 3 is 2.50 bits per heavy atom. The molecule has 1 fully saturated rings. The quantitative estimate of drug-likeness (QED) is 0.740. The summed E-state index contributed by atoms with van der Waals surface area (Å²) in [5.74, 6) is -0.655. The smallest absolute Gasteiger partial charge is 0.310 e. The average Bonchev–Trinajstić information content (AvgIpc) is 2.63. The Morgan fingerprint density at radius 2 is 2.06 bits per heavy atom. The first kappa shape index (κ1) is 13.5. The van der Waals surface area contributed by atoms with E-state index in [1.54, 1.807) is 0 Å². The zero-order valence-electron chi connectivity index (χ0n) is 10.7. The molecule has 4 nitrogen and oxygen atoms in total. The number of nitrogens with zero attached hydrogens (tertiary/aromatic N) is 2. The van der Waals surface area contributed by atoms with Crippen LogP contribution < -0.4 is 0 Å². The van der Waals surface area contributed by atoms with Gasteiger partial charge < -0.3 is 14.9 Å². The van der Waals surface area contributed by atoms with Gasteiger partial charge in [0, 0.05) is 19.6 Å². The van der Waals surface area contributed by atoms with Gasteiger partial charge >= 0.3 is 5.97 Å². The summed E-state index contributed by atoms with van der Waals surface area (Å²) < 4.78 is 0. The third-order valence-electron chi connectivity index (χ3n) is 3.70. The average molecular weight is 228 g/mol. The van der Waals surface area contributed by atoms with Crippen molar-refractivity contribution in [3.05, 3.63) is 0 Å². The summed E-state index contributed by atoms with van der Waals surface area (Å²) in [6, 6.07) is 0. The van der Waals surface area contributed by atoms with E-state index in [0.29, 0.717) is 6.54 Å². The van der Waals surface area contributed by atoms with Crippen LogP contribution in [-0.4, -0.2) is 60.1 Å². The van der Waals surface area contributed by atoms with Crippen molar-refractivity contribution >= 4 is 5.97 Å². The minimum atomic E-state index is -0.655. The lowest BCUT2D eigenvalue weighted by molar-refractivity contribution is -0.147. The van der Waals surface area contributed by atoms with E-state index in [1.807, 2.05) is 6.92 Å². The molecule has 0 bridgehead atoms. The fourth-order valence-corrected chi connectivity index (χ4v) is 2.24. The Balaban J connectivity index is 2.34. The van der Waals surface area contributed by atoms with Gasteiger partial charge in [-0.15, -0.1) is 0 Å². The van der Waals surface area contributed by atoms with Crippen LogP contribution in [0.4, 0.5) is 0 Å². The van der Waals surface area contributed by atoms with Crippen LogP contribution >= 0.6 is 0 Å². The van der Waals surface area contributed by atoms with Crippen LogP contribution in [0.3, 0.4) is 0 Å². The van der Waals surface area contributed by atoms with Gasteiger partial charge in [0.25, 0.3) is 0 Å². The van der Waals surface area contributed by atoms with Crippen molar-refractivity contribution in [2.45, 2.75) is 27.2 Å². The van der Waals surface area contributed by atoms with Crippen LogP contribution in [-0.2, 0) is 4.79 Å². The SMILES string of the molecule is CCN(CC)CCN1CCC(C)(C(=O)O)C1. The predicted octanol–water partition coefficient (Wildman–Crippen LogP) is 1.12. The molecule has 0 aromatic heterocycles. The van der Waals surface area contributed by atoms with Crippen molar-refractivity contribution in [1.82, 2.24) is 9.80 Å². The molecule has 0 aromatic carbocycles. The summed E-state index contributed by atoms with van der Waals surface area (Å²) in [4.78, 5) is 15.7. The molecular weight excluding hydrogens is 204 g/mol. The number of likely N-dealkylation sites (tertiary alicyclic amines) is 1. The Morgan fingerprint density at radius 1 is 1.44 bits per heavy atom. The van der Waals surface area contributed by atoms with Gasteiger partial charge in [-0.05, 0) is 33.0 Å². The second-order valence-corrected chi connectivity index (χ2v) is 4.92. The lowest BCUT2D eigenvalue weighted by atomic mass is 9.90. The van der Waals surface area contributed by atoms with Gasteiger partial charge in [0.05, 0.1) is 5.41 Å². The Kier molecular flexibility index (Phi) is 4.74. The monoisotopic (exact) mass is 228 g/mol. The molecule has 1 N–H and O–H groups in total. The molecule has 0 aliphatic carbocycles. The molecule has 1 aliphatic rings. The van der Waals surface area contributed by atoms with Gasteiger partial charge in [0.1, 0.15) is 0 Å². The van der Waals surface area contributed by atoms with Crippen LogP contribution in [0, 0.1) is 5.41 Å². The number of hydrogen-bond donors (Lipinski definition) is 1. The van der Waals surface area contributed by atoms with Gasteiger partial charge in [-0.3, -0.25) is 4.79 Å². The zero-order valence-corrected chi connectivity index (χ0v) is 10.7. The van der Waals surface area contributed by atoms with Gasteiger partial charge in [-0.2, -0.15) is 0 Å². The standard InChI is InChI=1S/C12H24N2O2/c1-4-13(5-2)8-9-14-7-6-12(3,10-14)11(15)16/h4-10H2,1-3H3,(H,15,16). The van der Waals surface area contributed by atoms with Gasteiger partial charge in [0.15, 0.2) is 0 Å². The second kappa shape index (κ2) is 5.64. The molecule has 0 spiro atoms. The van der Waals surface area contributed by atoms with Gasteiger partial charge in [-0.1, -0.05) is 13.8 Å². The minimum absolute atomic E-state index is 0.525. The summed E-state index contributed by atoms with van der Waals surface area (Å²) in [6.45, 7) is 12.0. The van der Waals surface area contributed by atoms with E-state index in [-0.39, 0.29) is 0 Å². The lowest BCUT2D eigenvalue weighted by Gasteiger charge is -2.24. The van der Waals surface area contributed by atoms with E-state index in [0.717, 1.165) is 39.1 Å². The minimum Gasteiger partial charge on any atom is -0.481 e. The Hall–Kier alpha value is -0.610. The maximum Gasteiger partial charge on any atom is 0.310 e. The van der Waals surface area contributed by atoms with Crippen LogP contribution in [0.15, 0.2) is 0 Å². The molecule has 1 unspecified atom stereocenters. The van der Waals surface area contributed by atoms with Crippen molar-refractivity contribution in [3.8, 4) is 0 Å². The number of carboxylic acid groups (broad SMARTS) is 1. The summed E-state index contributed by atoms with van der Waals surface area (Å²) in [5, 5.41) is 9.12. The highest BCUT2D eigenvalue weighted by atomic mass is 16.4. The molecule has 4 heteroatoms. The summed E-state index contributed by atoms with van der Waals surface area (Å²) >= 11 is 0. The number of rotatable bonds is 6. The first-order valence-corrected chi connectivity index (χ1v) is 6.20. The lowest BCUT2D eigenvalue weighted by Crippen LogP contribution is -2.36. The van der Waals surface area contributed by atoms with Crippen molar-refractivity contribution in [3.63, 3.8) is 0 Å². The van der Waals surface area contributed by atoms with Gasteiger partial charge in [0.2, 0.25) is 0 Å². The number of hydrogen-bond acceptors (Lipinski definition) is 3.